The van der Waals surface area contributed by atoms with Crippen LogP contribution in [0.3, 0.4) is 0 Å². The maximum absolute atomic E-state index is 11.5. The van der Waals surface area contributed by atoms with Crippen molar-refractivity contribution in [3.05, 3.63) is 40.2 Å². The molecule has 5 unspecified atom stereocenters. The van der Waals surface area contributed by atoms with Crippen LogP contribution in [0.1, 0.15) is 5.56 Å². The zero-order chi connectivity index (χ0) is 21.5. The van der Waals surface area contributed by atoms with Crippen LogP contribution in [0.4, 0.5) is 0 Å². The van der Waals surface area contributed by atoms with Gasteiger partial charge in [0.05, 0.1) is 5.97 Å². The van der Waals surface area contributed by atoms with Crippen molar-refractivity contribution in [3.8, 4) is 5.75 Å². The summed E-state index contributed by atoms with van der Waals surface area (Å²) < 4.78 is 52.3. The van der Waals surface area contributed by atoms with Crippen molar-refractivity contribution in [2.45, 2.75) is 37.6 Å². The fourth-order valence-electron chi connectivity index (χ4n) is 2.88. The number of carbonyl (C=O) groups excluding carboxylic acids is 1. The predicted octanol–water partition coefficient (Wildman–Crippen LogP) is -8.47. The molecule has 0 radical (unpaired) electrons. The summed E-state index contributed by atoms with van der Waals surface area (Å²) in [5.74, 6) is -2.03. The summed E-state index contributed by atoms with van der Waals surface area (Å²) in [6.45, 7) is 1.66. The fraction of sp³-hybridized carbons (Fsp3) is 0.375. The Kier molecular flexibility index (Phi) is 10.2. The molecule has 31 heavy (non-hydrogen) atoms. The zero-order valence-electron chi connectivity index (χ0n) is 16.6. The first-order chi connectivity index (χ1) is 13.5. The molecule has 12 nitrogen and oxygen atoms in total. The van der Waals surface area contributed by atoms with Gasteiger partial charge in [-0.3, -0.25) is 4.18 Å². The van der Waals surface area contributed by atoms with Gasteiger partial charge in [0, 0.05) is 17.5 Å². The Morgan fingerprint density at radius 3 is 2.39 bits per heavy atom. The van der Waals surface area contributed by atoms with E-state index in [4.69, 9.17) is 13.9 Å². The van der Waals surface area contributed by atoms with Gasteiger partial charge in [0.2, 0.25) is 16.7 Å². The summed E-state index contributed by atoms with van der Waals surface area (Å²) in [4.78, 5) is 22.6. The van der Waals surface area contributed by atoms with Gasteiger partial charge >= 0.3 is 64.7 Å². The second kappa shape index (κ2) is 11.0. The number of rotatable bonds is 5. The van der Waals surface area contributed by atoms with Crippen LogP contribution in [0, 0.1) is 6.92 Å². The first-order valence-corrected chi connectivity index (χ1v) is 9.37. The number of hydrogen-bond acceptors (Lipinski definition) is 12. The molecule has 158 valence electrons. The molecule has 1 aromatic heterocycles. The molecule has 0 saturated carbocycles. The van der Waals surface area contributed by atoms with Crippen LogP contribution in [-0.4, -0.2) is 59.9 Å². The van der Waals surface area contributed by atoms with Crippen LogP contribution >= 0.6 is 0 Å². The monoisotopic (exact) mass is 476 g/mol. The molecule has 5 atom stereocenters. The van der Waals surface area contributed by atoms with Gasteiger partial charge in [0.1, 0.15) is 29.6 Å². The third-order valence-electron chi connectivity index (χ3n) is 4.18. The van der Waals surface area contributed by atoms with E-state index in [0.29, 0.717) is 10.9 Å². The number of hydrogen-bond donors (Lipinski definition) is 2. The average Bonchev–Trinajstić information content (AvgIpc) is 2.59. The molecule has 1 aromatic carbocycles. The van der Waals surface area contributed by atoms with E-state index in [9.17, 15) is 37.9 Å². The van der Waals surface area contributed by atoms with E-state index in [2.05, 4.69) is 4.18 Å². The number of aliphatic carboxylic acids is 1. The van der Waals surface area contributed by atoms with E-state index in [0.717, 1.165) is 0 Å². The number of carboxylic acids is 1. The van der Waals surface area contributed by atoms with Crippen molar-refractivity contribution in [1.29, 1.82) is 0 Å². The number of benzene rings is 1. The smallest absolute Gasteiger partial charge is 0.726 e. The maximum Gasteiger partial charge on any atom is 1.00 e. The van der Waals surface area contributed by atoms with E-state index in [1.165, 1.54) is 24.3 Å². The van der Waals surface area contributed by atoms with Crippen LogP contribution in [0.2, 0.25) is 0 Å². The van der Waals surface area contributed by atoms with Crippen molar-refractivity contribution in [2.24, 2.45) is 0 Å². The van der Waals surface area contributed by atoms with Crippen LogP contribution in [0.5, 0.6) is 5.75 Å². The van der Waals surface area contributed by atoms with Gasteiger partial charge < -0.3 is 38.6 Å². The Balaban J connectivity index is 0.00000240. The van der Waals surface area contributed by atoms with Gasteiger partial charge in [-0.2, -0.15) is 0 Å². The minimum Gasteiger partial charge on any atom is -0.726 e. The van der Waals surface area contributed by atoms with Gasteiger partial charge in [-0.05, 0) is 24.6 Å². The predicted molar refractivity (Wildman–Crippen MR) is 88.1 cm³/mol. The van der Waals surface area contributed by atoms with E-state index < -0.39 is 52.7 Å². The molecule has 0 amide bonds. The molecule has 1 saturated heterocycles. The number of carbonyl (C=O) groups is 1. The molecule has 15 heteroatoms. The molecule has 1 aliphatic rings. The van der Waals surface area contributed by atoms with Crippen LogP contribution in [0.15, 0.2) is 33.5 Å². The minimum absolute atomic E-state index is 0. The van der Waals surface area contributed by atoms with Crippen molar-refractivity contribution < 1.29 is 110 Å². The molecule has 1 aliphatic heterocycles. The number of ether oxygens (including phenoxy) is 2. The van der Waals surface area contributed by atoms with E-state index >= 15 is 0 Å². The van der Waals surface area contributed by atoms with Gasteiger partial charge in [-0.25, -0.2) is 13.2 Å². The van der Waals surface area contributed by atoms with Gasteiger partial charge in [0.25, 0.3) is 0 Å². The summed E-state index contributed by atoms with van der Waals surface area (Å²) in [6, 6.07) is 5.33. The third kappa shape index (κ3) is 6.72. The Morgan fingerprint density at radius 2 is 1.81 bits per heavy atom. The Hall–Kier alpha value is -0.550. The average molecular weight is 476 g/mol. The SMILES string of the molecule is Cc1cc(=O)oc2cc(OC3OC(C(=O)[O-])C(O)C(O)C3OS(=O)(=O)[O-])ccc12.[Na+].[Na+]. The topological polar surface area (TPSA) is 196 Å². The number of aryl methyl sites for hydroxylation is 1. The zero-order valence-corrected chi connectivity index (χ0v) is 21.4. The van der Waals surface area contributed by atoms with Crippen molar-refractivity contribution in [3.63, 3.8) is 0 Å². The summed E-state index contributed by atoms with van der Waals surface area (Å²) in [5.41, 5.74) is 0.0514. The third-order valence-corrected chi connectivity index (χ3v) is 4.64. The first-order valence-electron chi connectivity index (χ1n) is 8.04. The molecule has 1 fully saturated rings. The van der Waals surface area contributed by atoms with Crippen molar-refractivity contribution in [2.75, 3.05) is 0 Å². The molecule has 0 aliphatic carbocycles. The fourth-order valence-corrected chi connectivity index (χ4v) is 3.35. The summed E-state index contributed by atoms with van der Waals surface area (Å²) in [5, 5.41) is 31.5. The Bertz CT molecular complexity index is 1100. The number of carboxylic acid groups (broad SMARTS) is 1. The standard InChI is InChI=1S/C16H16O12S.2Na/c1-6-4-10(17)26-9-5-7(2-3-8(6)9)25-16-14(28-29(22,23)24)12(19)11(18)13(27-16)15(20)21;;/h2-5,11-14,16,18-19H,1H3,(H,20,21)(H,22,23,24);;/q;2*+1/p-2. The van der Waals surface area contributed by atoms with Crippen LogP contribution in [0.25, 0.3) is 11.0 Å². The van der Waals surface area contributed by atoms with Gasteiger partial charge in [0.15, 0.2) is 6.10 Å². The van der Waals surface area contributed by atoms with Gasteiger partial charge in [-0.15, -0.1) is 0 Å². The molecule has 2 N–H and O–H groups in total. The van der Waals surface area contributed by atoms with Crippen molar-refractivity contribution >= 4 is 27.3 Å². The summed E-state index contributed by atoms with van der Waals surface area (Å²) in [7, 11) is -5.39. The normalized spacial score (nSPS) is 25.9. The molecule has 2 heterocycles. The molecule has 0 bridgehead atoms. The summed E-state index contributed by atoms with van der Waals surface area (Å²) >= 11 is 0. The van der Waals surface area contributed by atoms with Crippen molar-refractivity contribution in [1.82, 2.24) is 0 Å². The van der Waals surface area contributed by atoms with E-state index in [1.54, 1.807) is 6.92 Å². The largest absolute Gasteiger partial charge is 1.00 e. The van der Waals surface area contributed by atoms with Crippen LogP contribution in [-0.2, 0) is 24.1 Å². The molecule has 2 aromatic rings. The number of fused-ring (bicyclic) bond motifs is 1. The molecular weight excluding hydrogens is 462 g/mol. The Labute approximate surface area is 219 Å². The molecule has 3 rings (SSSR count). The minimum atomic E-state index is -5.39. The molecular formula is C16H14Na2O12S. The van der Waals surface area contributed by atoms with E-state index in [-0.39, 0.29) is 70.4 Å². The second-order valence-electron chi connectivity index (χ2n) is 6.22. The number of aliphatic hydroxyl groups excluding tert-OH is 2. The first kappa shape index (κ1) is 28.5. The van der Waals surface area contributed by atoms with E-state index in [1.807, 2.05) is 0 Å². The quantitative estimate of drug-likeness (QED) is 0.179. The molecule has 0 spiro atoms. The van der Waals surface area contributed by atoms with Gasteiger partial charge in [-0.1, -0.05) is 0 Å². The second-order valence-corrected chi connectivity index (χ2v) is 7.23. The maximum atomic E-state index is 11.5. The Morgan fingerprint density at radius 1 is 1.16 bits per heavy atom. The number of aliphatic hydroxyl groups is 2. The van der Waals surface area contributed by atoms with Crippen LogP contribution < -0.4 is 74.6 Å². The summed E-state index contributed by atoms with van der Waals surface area (Å²) in [6.07, 6.45) is -10.5.